The number of aliphatic carboxylic acids is 1. The number of carboxylic acids is 1. The zero-order chi connectivity index (χ0) is 12.7. The summed E-state index contributed by atoms with van der Waals surface area (Å²) in [6, 6.07) is -0.392. The van der Waals surface area contributed by atoms with Crippen molar-refractivity contribution in [3.8, 4) is 0 Å². The Labute approximate surface area is 127 Å². The maximum absolute atomic E-state index is 10.5. The number of unbranched alkanes of at least 4 members (excludes halogenated alkanes) is 1. The van der Waals surface area contributed by atoms with Gasteiger partial charge in [-0.2, -0.15) is 0 Å². The molecule has 1 unspecified atom stereocenters. The van der Waals surface area contributed by atoms with Gasteiger partial charge in [0.2, 0.25) is 0 Å². The van der Waals surface area contributed by atoms with Gasteiger partial charge < -0.3 is 16.6 Å². The van der Waals surface area contributed by atoms with Crippen molar-refractivity contribution in [2.75, 3.05) is 0 Å². The third-order valence-electron chi connectivity index (χ3n) is 3.19. The van der Waals surface area contributed by atoms with Gasteiger partial charge in [0.25, 0.3) is 0 Å². The van der Waals surface area contributed by atoms with E-state index in [2.05, 4.69) is 4.99 Å². The van der Waals surface area contributed by atoms with Gasteiger partial charge in [0.1, 0.15) is 6.04 Å². The molecule has 5 nitrogen and oxygen atoms in total. The second kappa shape index (κ2) is 11.3. The van der Waals surface area contributed by atoms with Crippen molar-refractivity contribution in [2.24, 2.45) is 16.5 Å². The first-order valence-electron chi connectivity index (χ1n) is 6.40. The average Bonchev–Trinajstić information content (AvgIpc) is 2.48. The molecular weight excluding hydrogens is 289 g/mol. The summed E-state index contributed by atoms with van der Waals surface area (Å²) in [5.41, 5.74) is 11.2. The molecule has 5 N–H and O–H groups in total. The molecule has 0 amide bonds. The molecule has 0 spiro atoms. The van der Waals surface area contributed by atoms with E-state index in [0.717, 1.165) is 44.4 Å². The van der Waals surface area contributed by atoms with Crippen LogP contribution in [-0.4, -0.2) is 29.0 Å². The van der Waals surface area contributed by atoms with Crippen molar-refractivity contribution in [1.29, 1.82) is 0 Å². The molecule has 0 saturated carbocycles. The standard InChI is InChI=1S/C12H23N3O2.2ClH/c13-10(12(16)17)7-3-1-5-9-6-2-4-8-11(14)15-9;;/h9-10H,1-8,13H2,(H2,14,15)(H,16,17);2*1H/t9?,10-;;/m1../s1. The summed E-state index contributed by atoms with van der Waals surface area (Å²) in [4.78, 5) is 15.0. The van der Waals surface area contributed by atoms with Gasteiger partial charge in [-0.05, 0) is 25.7 Å². The van der Waals surface area contributed by atoms with Crippen molar-refractivity contribution < 1.29 is 9.90 Å². The normalized spacial score (nSPS) is 20.3. The third-order valence-corrected chi connectivity index (χ3v) is 3.19. The van der Waals surface area contributed by atoms with Gasteiger partial charge in [-0.1, -0.05) is 19.3 Å². The van der Waals surface area contributed by atoms with E-state index in [4.69, 9.17) is 16.6 Å². The molecule has 1 heterocycles. The van der Waals surface area contributed by atoms with Crippen LogP contribution in [0.3, 0.4) is 0 Å². The van der Waals surface area contributed by atoms with E-state index >= 15 is 0 Å². The second-order valence-corrected chi connectivity index (χ2v) is 4.75. The summed E-state index contributed by atoms with van der Waals surface area (Å²) in [6.45, 7) is 0. The van der Waals surface area contributed by atoms with Gasteiger partial charge in [-0.25, -0.2) is 0 Å². The molecule has 0 aliphatic carbocycles. The predicted octanol–water partition coefficient (Wildman–Crippen LogP) is 2.10. The quantitative estimate of drug-likeness (QED) is 0.653. The van der Waals surface area contributed by atoms with E-state index in [0.29, 0.717) is 12.5 Å². The Balaban J connectivity index is 0. The first-order valence-corrected chi connectivity index (χ1v) is 6.40. The van der Waals surface area contributed by atoms with Crippen LogP contribution in [0.25, 0.3) is 0 Å². The molecule has 1 aliphatic heterocycles. The van der Waals surface area contributed by atoms with Crippen LogP contribution in [0.4, 0.5) is 0 Å². The van der Waals surface area contributed by atoms with E-state index in [9.17, 15) is 4.79 Å². The van der Waals surface area contributed by atoms with Crippen LogP contribution in [-0.2, 0) is 4.79 Å². The monoisotopic (exact) mass is 313 g/mol. The molecule has 1 aliphatic rings. The van der Waals surface area contributed by atoms with E-state index < -0.39 is 12.0 Å². The SMILES string of the molecule is Cl.Cl.NC1=NC(CCCC[C@@H](N)C(=O)O)CCCC1. The smallest absolute Gasteiger partial charge is 0.320 e. The Morgan fingerprint density at radius 3 is 2.68 bits per heavy atom. The first kappa shape index (κ1) is 20.8. The zero-order valence-corrected chi connectivity index (χ0v) is 12.7. The Bertz CT molecular complexity index is 288. The summed E-state index contributed by atoms with van der Waals surface area (Å²) in [5.74, 6) is -0.142. The molecule has 2 atom stereocenters. The molecule has 0 aromatic heterocycles. The summed E-state index contributed by atoms with van der Waals surface area (Å²) >= 11 is 0. The van der Waals surface area contributed by atoms with Gasteiger partial charge in [0.15, 0.2) is 0 Å². The second-order valence-electron chi connectivity index (χ2n) is 4.75. The van der Waals surface area contributed by atoms with Crippen molar-refractivity contribution in [3.05, 3.63) is 0 Å². The van der Waals surface area contributed by atoms with E-state index in [1.807, 2.05) is 0 Å². The fourth-order valence-corrected chi connectivity index (χ4v) is 2.13. The van der Waals surface area contributed by atoms with Crippen LogP contribution in [0.2, 0.25) is 0 Å². The number of hydrogen-bond acceptors (Lipinski definition) is 4. The van der Waals surface area contributed by atoms with Gasteiger partial charge in [0, 0.05) is 6.42 Å². The Kier molecular flexibility index (Phi) is 12.4. The number of rotatable bonds is 6. The predicted molar refractivity (Wildman–Crippen MR) is 82.5 cm³/mol. The van der Waals surface area contributed by atoms with Crippen molar-refractivity contribution in [1.82, 2.24) is 0 Å². The molecule has 0 fully saturated rings. The molecule has 7 heteroatoms. The van der Waals surface area contributed by atoms with Crippen LogP contribution in [0.5, 0.6) is 0 Å². The van der Waals surface area contributed by atoms with E-state index in [-0.39, 0.29) is 24.8 Å². The molecule has 19 heavy (non-hydrogen) atoms. The van der Waals surface area contributed by atoms with Gasteiger partial charge in [0.05, 0.1) is 11.9 Å². The first-order chi connectivity index (χ1) is 8.09. The molecule has 0 radical (unpaired) electrons. The number of nitrogens with zero attached hydrogens (tertiary/aromatic N) is 1. The molecule has 114 valence electrons. The number of halogens is 2. The number of amidine groups is 1. The van der Waals surface area contributed by atoms with Crippen LogP contribution >= 0.6 is 24.8 Å². The highest BCUT2D eigenvalue weighted by Crippen LogP contribution is 2.17. The zero-order valence-electron chi connectivity index (χ0n) is 11.1. The fraction of sp³-hybridized carbons (Fsp3) is 0.833. The summed E-state index contributed by atoms with van der Waals surface area (Å²) in [7, 11) is 0. The molecule has 1 rings (SSSR count). The van der Waals surface area contributed by atoms with Crippen LogP contribution in [0, 0.1) is 0 Å². The summed E-state index contributed by atoms with van der Waals surface area (Å²) in [5, 5.41) is 8.64. The highest BCUT2D eigenvalue weighted by Gasteiger charge is 2.13. The minimum atomic E-state index is -0.915. The van der Waals surface area contributed by atoms with Crippen LogP contribution in [0.15, 0.2) is 4.99 Å². The number of aliphatic imine (C=N–C) groups is 1. The molecule has 0 saturated heterocycles. The van der Waals surface area contributed by atoms with E-state index in [1.165, 1.54) is 6.42 Å². The maximum atomic E-state index is 10.5. The van der Waals surface area contributed by atoms with Crippen molar-refractivity contribution >= 4 is 36.6 Å². The lowest BCUT2D eigenvalue weighted by Crippen LogP contribution is -2.29. The lowest BCUT2D eigenvalue weighted by atomic mass is 10.0. The largest absolute Gasteiger partial charge is 0.480 e. The number of carboxylic acid groups (broad SMARTS) is 1. The summed E-state index contributed by atoms with van der Waals surface area (Å²) < 4.78 is 0. The highest BCUT2D eigenvalue weighted by atomic mass is 35.5. The topological polar surface area (TPSA) is 102 Å². The minimum absolute atomic E-state index is 0. The van der Waals surface area contributed by atoms with Gasteiger partial charge in [-0.3, -0.25) is 9.79 Å². The summed E-state index contributed by atoms with van der Waals surface area (Å²) in [6.07, 6.45) is 7.70. The minimum Gasteiger partial charge on any atom is -0.480 e. The molecule has 0 aromatic carbocycles. The number of hydrogen-bond donors (Lipinski definition) is 3. The van der Waals surface area contributed by atoms with Crippen molar-refractivity contribution in [3.63, 3.8) is 0 Å². The van der Waals surface area contributed by atoms with Crippen molar-refractivity contribution in [2.45, 2.75) is 63.5 Å². The van der Waals surface area contributed by atoms with Crippen LogP contribution in [0.1, 0.15) is 51.4 Å². The van der Waals surface area contributed by atoms with E-state index in [1.54, 1.807) is 0 Å². The van der Waals surface area contributed by atoms with Gasteiger partial charge in [-0.15, -0.1) is 24.8 Å². The third kappa shape index (κ3) is 9.08. The fourth-order valence-electron chi connectivity index (χ4n) is 2.13. The lowest BCUT2D eigenvalue weighted by Gasteiger charge is -2.11. The molecule has 0 aromatic rings. The van der Waals surface area contributed by atoms with Gasteiger partial charge >= 0.3 is 5.97 Å². The Morgan fingerprint density at radius 1 is 1.37 bits per heavy atom. The lowest BCUT2D eigenvalue weighted by molar-refractivity contribution is -0.138. The van der Waals surface area contributed by atoms with Crippen LogP contribution < -0.4 is 11.5 Å². The maximum Gasteiger partial charge on any atom is 0.320 e. The number of carbonyl (C=O) groups is 1. The molecular formula is C12H25Cl2N3O2. The Morgan fingerprint density at radius 2 is 2.05 bits per heavy atom. The number of nitrogens with two attached hydrogens (primary N) is 2. The average molecular weight is 314 g/mol. The Hall–Kier alpha value is -0.520. The highest BCUT2D eigenvalue weighted by molar-refractivity contribution is 5.85. The molecule has 0 bridgehead atoms.